The van der Waals surface area contributed by atoms with Crippen molar-refractivity contribution in [2.24, 2.45) is 5.92 Å². The highest BCUT2D eigenvalue weighted by Gasteiger charge is 2.36. The van der Waals surface area contributed by atoms with Crippen LogP contribution in [0.2, 0.25) is 0 Å². The number of benzene rings is 1. The van der Waals surface area contributed by atoms with Gasteiger partial charge >= 0.3 is 5.97 Å². The third-order valence-electron chi connectivity index (χ3n) is 2.85. The van der Waals surface area contributed by atoms with Gasteiger partial charge in [-0.25, -0.2) is 0 Å². The summed E-state index contributed by atoms with van der Waals surface area (Å²) in [5.41, 5.74) is 3.84. The molecule has 2 atom stereocenters. The quantitative estimate of drug-likeness (QED) is 0.480. The van der Waals surface area contributed by atoms with Gasteiger partial charge in [0, 0.05) is 5.56 Å². The SMILES string of the molecule is CC[C@@H]1C(=O)Oc2ccccc2[C@H]1NOC. The first kappa shape index (κ1) is 11.1. The normalized spacial score (nSPS) is 23.8. The number of rotatable bonds is 3. The van der Waals surface area contributed by atoms with Crippen LogP contribution < -0.4 is 10.2 Å². The number of hydrogen-bond donors (Lipinski definition) is 1. The van der Waals surface area contributed by atoms with Gasteiger partial charge in [-0.3, -0.25) is 4.79 Å². The summed E-state index contributed by atoms with van der Waals surface area (Å²) < 4.78 is 5.28. The van der Waals surface area contributed by atoms with E-state index in [2.05, 4.69) is 5.48 Å². The Hall–Kier alpha value is -1.39. The molecule has 16 heavy (non-hydrogen) atoms. The minimum absolute atomic E-state index is 0.132. The first-order chi connectivity index (χ1) is 7.77. The second-order valence-electron chi connectivity index (χ2n) is 3.77. The Bertz CT molecular complexity index is 392. The van der Waals surface area contributed by atoms with Crippen LogP contribution >= 0.6 is 0 Å². The molecule has 1 aromatic rings. The first-order valence-electron chi connectivity index (χ1n) is 5.37. The molecule has 0 saturated carbocycles. The number of carbonyl (C=O) groups is 1. The Balaban J connectivity index is 2.40. The van der Waals surface area contributed by atoms with Crippen molar-refractivity contribution < 1.29 is 14.4 Å². The van der Waals surface area contributed by atoms with E-state index in [0.717, 1.165) is 5.56 Å². The summed E-state index contributed by atoms with van der Waals surface area (Å²) in [5.74, 6) is 0.220. The van der Waals surface area contributed by atoms with E-state index in [9.17, 15) is 4.79 Å². The van der Waals surface area contributed by atoms with Crippen molar-refractivity contribution in [3.63, 3.8) is 0 Å². The van der Waals surface area contributed by atoms with E-state index in [1.807, 2.05) is 25.1 Å². The molecule has 1 aliphatic rings. The van der Waals surface area contributed by atoms with Gasteiger partial charge in [0.15, 0.2) is 0 Å². The standard InChI is InChI=1S/C12H15NO3/c1-3-8-11(13-15-2)9-6-4-5-7-10(9)16-12(8)14/h4-8,11,13H,3H2,1-2H3/t8-,11-/m0/s1. The van der Waals surface area contributed by atoms with Crippen molar-refractivity contribution >= 4 is 5.97 Å². The zero-order valence-corrected chi connectivity index (χ0v) is 9.40. The molecule has 4 nitrogen and oxygen atoms in total. The minimum Gasteiger partial charge on any atom is -0.426 e. The van der Waals surface area contributed by atoms with E-state index in [4.69, 9.17) is 9.57 Å². The largest absolute Gasteiger partial charge is 0.426 e. The summed E-state index contributed by atoms with van der Waals surface area (Å²) >= 11 is 0. The molecule has 0 bridgehead atoms. The number of ether oxygens (including phenoxy) is 1. The molecular formula is C12H15NO3. The van der Waals surface area contributed by atoms with E-state index in [1.54, 1.807) is 13.2 Å². The molecule has 4 heteroatoms. The van der Waals surface area contributed by atoms with Gasteiger partial charge in [0.05, 0.1) is 19.1 Å². The zero-order chi connectivity index (χ0) is 11.5. The van der Waals surface area contributed by atoms with Crippen LogP contribution in [0.25, 0.3) is 0 Å². The van der Waals surface area contributed by atoms with E-state index < -0.39 is 0 Å². The number of carbonyl (C=O) groups excluding carboxylic acids is 1. The van der Waals surface area contributed by atoms with Crippen molar-refractivity contribution in [2.75, 3.05) is 7.11 Å². The van der Waals surface area contributed by atoms with Crippen LogP contribution in [0.1, 0.15) is 24.9 Å². The molecule has 2 rings (SSSR count). The summed E-state index contributed by atoms with van der Waals surface area (Å²) in [6, 6.07) is 7.38. The zero-order valence-electron chi connectivity index (χ0n) is 9.40. The predicted molar refractivity (Wildman–Crippen MR) is 58.7 cm³/mol. The van der Waals surface area contributed by atoms with Crippen LogP contribution in [0.5, 0.6) is 5.75 Å². The maximum atomic E-state index is 11.8. The van der Waals surface area contributed by atoms with Gasteiger partial charge in [0.1, 0.15) is 5.75 Å². The Labute approximate surface area is 94.5 Å². The summed E-state index contributed by atoms with van der Waals surface area (Å²) in [6.07, 6.45) is 0.716. The molecular weight excluding hydrogens is 206 g/mol. The lowest BCUT2D eigenvalue weighted by Gasteiger charge is -2.30. The van der Waals surface area contributed by atoms with Crippen LogP contribution in [0.15, 0.2) is 24.3 Å². The van der Waals surface area contributed by atoms with Gasteiger partial charge in [-0.1, -0.05) is 25.1 Å². The molecule has 0 aliphatic carbocycles. The van der Waals surface area contributed by atoms with Gasteiger partial charge in [0.25, 0.3) is 0 Å². The lowest BCUT2D eigenvalue weighted by molar-refractivity contribution is -0.143. The summed E-state index contributed by atoms with van der Waals surface area (Å²) in [4.78, 5) is 16.7. The number of fused-ring (bicyclic) bond motifs is 1. The Morgan fingerprint density at radius 1 is 1.44 bits per heavy atom. The molecule has 0 radical (unpaired) electrons. The average Bonchev–Trinajstić information content (AvgIpc) is 2.29. The van der Waals surface area contributed by atoms with Crippen LogP contribution in [0, 0.1) is 5.92 Å². The molecule has 0 saturated heterocycles. The van der Waals surface area contributed by atoms with Crippen LogP contribution in [-0.4, -0.2) is 13.1 Å². The first-order valence-corrected chi connectivity index (χ1v) is 5.37. The van der Waals surface area contributed by atoms with Crippen molar-refractivity contribution in [2.45, 2.75) is 19.4 Å². The molecule has 1 N–H and O–H groups in total. The molecule has 0 unspecified atom stereocenters. The fraction of sp³-hybridized carbons (Fsp3) is 0.417. The van der Waals surface area contributed by atoms with Crippen molar-refractivity contribution in [3.8, 4) is 5.75 Å². The van der Waals surface area contributed by atoms with Crippen LogP contribution in [0.3, 0.4) is 0 Å². The Morgan fingerprint density at radius 3 is 2.88 bits per heavy atom. The molecule has 0 aromatic heterocycles. The van der Waals surface area contributed by atoms with Gasteiger partial charge in [-0.2, -0.15) is 5.48 Å². The Kier molecular flexibility index (Phi) is 3.22. The molecule has 1 aliphatic heterocycles. The third-order valence-corrected chi connectivity index (χ3v) is 2.85. The number of esters is 1. The van der Waals surface area contributed by atoms with Crippen molar-refractivity contribution in [1.82, 2.24) is 5.48 Å². The third kappa shape index (κ3) is 1.81. The highest BCUT2D eigenvalue weighted by atomic mass is 16.6. The second-order valence-corrected chi connectivity index (χ2v) is 3.77. The maximum absolute atomic E-state index is 11.8. The van der Waals surface area contributed by atoms with Gasteiger partial charge in [0.2, 0.25) is 0 Å². The van der Waals surface area contributed by atoms with Crippen molar-refractivity contribution in [1.29, 1.82) is 0 Å². The number of para-hydroxylation sites is 1. The highest BCUT2D eigenvalue weighted by molar-refractivity contribution is 5.79. The van der Waals surface area contributed by atoms with E-state index in [0.29, 0.717) is 12.2 Å². The average molecular weight is 221 g/mol. The number of hydrogen-bond acceptors (Lipinski definition) is 4. The number of nitrogens with one attached hydrogen (secondary N) is 1. The Morgan fingerprint density at radius 2 is 2.19 bits per heavy atom. The topological polar surface area (TPSA) is 47.6 Å². The summed E-state index contributed by atoms with van der Waals surface area (Å²) in [5, 5.41) is 0. The molecule has 86 valence electrons. The van der Waals surface area contributed by atoms with Gasteiger partial charge in [-0.05, 0) is 12.5 Å². The molecule has 0 spiro atoms. The van der Waals surface area contributed by atoms with Crippen LogP contribution in [0.4, 0.5) is 0 Å². The predicted octanol–water partition coefficient (Wildman–Crippen LogP) is 1.82. The molecule has 1 heterocycles. The highest BCUT2D eigenvalue weighted by Crippen LogP contribution is 2.37. The molecule has 1 aromatic carbocycles. The summed E-state index contributed by atoms with van der Waals surface area (Å²) in [7, 11) is 1.55. The number of hydroxylamine groups is 1. The second kappa shape index (κ2) is 4.63. The lowest BCUT2D eigenvalue weighted by atomic mass is 9.89. The van der Waals surface area contributed by atoms with Gasteiger partial charge < -0.3 is 9.57 Å². The van der Waals surface area contributed by atoms with Crippen LogP contribution in [-0.2, 0) is 9.63 Å². The van der Waals surface area contributed by atoms with Gasteiger partial charge in [-0.15, -0.1) is 0 Å². The fourth-order valence-electron chi connectivity index (χ4n) is 2.04. The molecule has 0 fully saturated rings. The fourth-order valence-corrected chi connectivity index (χ4v) is 2.04. The van der Waals surface area contributed by atoms with E-state index >= 15 is 0 Å². The van der Waals surface area contributed by atoms with E-state index in [-0.39, 0.29) is 17.9 Å². The van der Waals surface area contributed by atoms with E-state index in [1.165, 1.54) is 0 Å². The summed E-state index contributed by atoms with van der Waals surface area (Å²) in [6.45, 7) is 1.96. The molecule has 0 amide bonds. The maximum Gasteiger partial charge on any atom is 0.316 e. The van der Waals surface area contributed by atoms with Crippen molar-refractivity contribution in [3.05, 3.63) is 29.8 Å². The lowest BCUT2D eigenvalue weighted by Crippen LogP contribution is -2.38. The monoisotopic (exact) mass is 221 g/mol. The minimum atomic E-state index is -0.199. The smallest absolute Gasteiger partial charge is 0.316 e.